The summed E-state index contributed by atoms with van der Waals surface area (Å²) in [5.41, 5.74) is 25.0. The van der Waals surface area contributed by atoms with Gasteiger partial charge in [-0.25, -0.2) is 0 Å². The SMILES string of the molecule is Nc1nnc(-c2ccccc2O)cc1N1CCN(C(=O)CCCCCCCCCCOc2cccc3c2C(=O)N(C2CCC(=O)NC2=O)C3=O)CC1.Nc1nnc(-c2ccccc2O)cc1N1CCN(C(=O)CCCCCCCOc2cccc3c2C(=O)N(C2CCC(=O)NC2=O)C3=O)CC1.Nc1nnc(-c2ccccc2O)cc1N1CCN(C(=O)CCCCCCOc2cccc3c2C(=O)N(C2CCC(=O)NC2=O)C3=O)CC1. The second-order valence-electron chi connectivity index (χ2n) is 37.8. The van der Waals surface area contributed by atoms with Gasteiger partial charge in [0.25, 0.3) is 35.4 Å². The fraction of sp³-hybridized carbons (Fsp3) is 0.411. The van der Waals surface area contributed by atoms with Crippen LogP contribution in [-0.4, -0.2) is 280 Å². The van der Waals surface area contributed by atoms with E-state index >= 15 is 0 Å². The number of benzene rings is 6. The summed E-state index contributed by atoms with van der Waals surface area (Å²) in [7, 11) is 0. The molecule has 6 aromatic carbocycles. The molecule has 149 heavy (non-hydrogen) atoms. The molecular weight excluding hydrogens is 1920 g/mol. The molecule has 3 aromatic heterocycles. The van der Waals surface area contributed by atoms with Gasteiger partial charge in [0.15, 0.2) is 17.5 Å². The van der Waals surface area contributed by atoms with E-state index < -0.39 is 89.0 Å². The predicted molar refractivity (Wildman–Crippen MR) is 545 cm³/mol. The number of nitrogens with two attached hydrogens (primary N) is 3. The van der Waals surface area contributed by atoms with Crippen molar-refractivity contribution in [2.75, 3.05) is 130 Å². The number of aromatic hydroxyl groups is 3. The summed E-state index contributed by atoms with van der Waals surface area (Å²) in [6.07, 6.45) is 17.1. The van der Waals surface area contributed by atoms with Gasteiger partial charge in [-0.1, -0.05) is 125 Å². The molecule has 0 spiro atoms. The van der Waals surface area contributed by atoms with E-state index in [4.69, 9.17) is 31.4 Å². The van der Waals surface area contributed by atoms with Gasteiger partial charge in [0.2, 0.25) is 53.2 Å². The summed E-state index contributed by atoms with van der Waals surface area (Å²) in [5, 5.41) is 62.0. The molecule has 6 saturated heterocycles. The first-order chi connectivity index (χ1) is 72.2. The number of aromatic nitrogens is 6. The lowest BCUT2D eigenvalue weighted by atomic mass is 10.0. The monoisotopic (exact) mass is 2040 g/mol. The summed E-state index contributed by atoms with van der Waals surface area (Å²) in [6, 6.07) is 37.7. The van der Waals surface area contributed by atoms with Gasteiger partial charge in [-0.15, -0.1) is 30.6 Å². The number of nitrogen functional groups attached to an aromatic ring is 3. The van der Waals surface area contributed by atoms with Crippen molar-refractivity contribution in [3.05, 3.63) is 179 Å². The molecule has 9 aliphatic rings. The number of unbranched alkanes of at least 4 members (excludes halogenated alkanes) is 14. The third kappa shape index (κ3) is 24.9. The van der Waals surface area contributed by atoms with Gasteiger partial charge < -0.3 is 76.1 Å². The second kappa shape index (κ2) is 49.1. The molecule has 18 rings (SSSR count). The number of hydrogen-bond acceptors (Lipinski definition) is 33. The van der Waals surface area contributed by atoms with Gasteiger partial charge >= 0.3 is 0 Å². The number of hydrogen-bond donors (Lipinski definition) is 9. The largest absolute Gasteiger partial charge is 0.507 e. The molecule has 0 bridgehead atoms. The van der Waals surface area contributed by atoms with Crippen molar-refractivity contribution in [3.8, 4) is 68.3 Å². The number of ether oxygens (including phenoxy) is 3. The standard InChI is InChI=1S/C38H45N7O7.C35H39N7O7.C34H37N7O7/c39-35-29(24-27(41-42-35)25-12-8-9-14-30(25)46)43-19-21-44(22-20-43)33(48)16-7-5-3-1-2-4-6-10-23-52-31-15-11-13-26-34(31)38(51)45(37(26)50)28-17-18-32(47)40-36(28)49;36-32-26(21-24(38-39-32)22-9-5-6-11-27(22)43)40-16-18-41(19-17-40)30(45)13-4-2-1-3-7-20-49-28-12-8-10-23-31(28)35(48)42(34(23)47)25-14-15-29(44)37-33(25)46;35-31-25(20-23(37-38-31)21-8-4-5-10-26(21)42)39-15-17-40(18-16-39)29(44)12-3-1-2-6-19-48-27-11-7-9-22-30(27)34(47)41(33(22)46)24-13-14-28(43)36-32(24)45/h8-9,11-15,24,28,46H,1-7,10,16-23H2,(H2,39,42)(H,40,47,49);5-6,8-12,21,25,43H,1-4,7,13-20H2,(H2,36,39)(H,37,44,46);4-5,7-11,20,24,42H,1-3,6,12-19H2,(H2,35,38)(H,36,43,45). The van der Waals surface area contributed by atoms with Crippen LogP contribution in [-0.2, 0) is 43.2 Å². The maximum Gasteiger partial charge on any atom is 0.266 e. The molecular formula is C107H121N21O21. The highest BCUT2D eigenvalue weighted by atomic mass is 16.5. The van der Waals surface area contributed by atoms with Crippen molar-refractivity contribution in [1.29, 1.82) is 0 Å². The highest BCUT2D eigenvalue weighted by Gasteiger charge is 2.50. The fourth-order valence-electron chi connectivity index (χ4n) is 19.9. The van der Waals surface area contributed by atoms with Crippen LogP contribution in [0.5, 0.6) is 34.5 Å². The Balaban J connectivity index is 0.000000159. The van der Waals surface area contributed by atoms with E-state index in [9.17, 15) is 87.2 Å². The van der Waals surface area contributed by atoms with Crippen LogP contribution in [0, 0.1) is 0 Å². The number of nitrogens with one attached hydrogen (secondary N) is 3. The van der Waals surface area contributed by atoms with E-state index in [0.717, 1.165) is 134 Å². The highest BCUT2D eigenvalue weighted by molar-refractivity contribution is 6.27. The summed E-state index contributed by atoms with van der Waals surface area (Å²) in [6.45, 7) is 8.27. The number of carbonyl (C=O) groups excluding carboxylic acids is 15. The number of piperidine rings is 3. The van der Waals surface area contributed by atoms with Crippen molar-refractivity contribution >= 4 is 123 Å². The number of phenolic OH excluding ortho intramolecular Hbond substituents is 3. The average Bonchev–Trinajstić information content (AvgIpc) is 1.33. The fourth-order valence-corrected chi connectivity index (χ4v) is 19.9. The van der Waals surface area contributed by atoms with E-state index in [0.29, 0.717) is 187 Å². The lowest BCUT2D eigenvalue weighted by Gasteiger charge is -2.36. The summed E-state index contributed by atoms with van der Waals surface area (Å²) >= 11 is 0. The van der Waals surface area contributed by atoms with Crippen LogP contribution in [0.25, 0.3) is 33.8 Å². The molecule has 9 aliphatic heterocycles. The van der Waals surface area contributed by atoms with E-state index in [1.165, 1.54) is 6.07 Å². The number of carbonyl (C=O) groups is 15. The molecule has 42 heteroatoms. The minimum Gasteiger partial charge on any atom is -0.507 e. The van der Waals surface area contributed by atoms with E-state index in [1.54, 1.807) is 103 Å². The van der Waals surface area contributed by atoms with Gasteiger partial charge in [-0.2, -0.15) is 0 Å². The lowest BCUT2D eigenvalue weighted by Crippen LogP contribution is -2.54. The van der Waals surface area contributed by atoms with Crippen LogP contribution >= 0.6 is 0 Å². The van der Waals surface area contributed by atoms with E-state index in [-0.39, 0.29) is 113 Å². The zero-order valence-corrected chi connectivity index (χ0v) is 82.7. The minimum absolute atomic E-state index is 0.0544. The quantitative estimate of drug-likeness (QED) is 0.0128. The molecule has 12 heterocycles. The number of rotatable bonds is 38. The molecule has 9 aromatic rings. The van der Waals surface area contributed by atoms with Gasteiger partial charge in [0, 0.05) is 134 Å². The number of imide groups is 6. The zero-order valence-electron chi connectivity index (χ0n) is 82.7. The molecule has 42 nitrogen and oxygen atoms in total. The van der Waals surface area contributed by atoms with Gasteiger partial charge in [0.05, 0.1) is 87.3 Å². The Bertz CT molecular complexity index is 6580. The number of piperazine rings is 3. The Kier molecular flexibility index (Phi) is 34.7. The number of phenols is 3. The molecule has 0 saturated carbocycles. The maximum absolute atomic E-state index is 13.2. The first kappa shape index (κ1) is 105. The van der Waals surface area contributed by atoms with E-state index in [1.807, 2.05) is 51.1 Å². The van der Waals surface area contributed by atoms with Crippen molar-refractivity contribution in [3.63, 3.8) is 0 Å². The average molecular weight is 2040 g/mol. The number of amides is 15. The smallest absolute Gasteiger partial charge is 0.266 e. The number of anilines is 6. The third-order valence-electron chi connectivity index (χ3n) is 28.0. The number of nitrogens with zero attached hydrogens (tertiary/aromatic N) is 15. The molecule has 6 fully saturated rings. The molecule has 0 aliphatic carbocycles. The Labute approximate surface area is 858 Å². The number of fused-ring (bicyclic) bond motifs is 3. The normalized spacial score (nSPS) is 17.6. The maximum atomic E-state index is 13.2. The van der Waals surface area contributed by atoms with Crippen LogP contribution in [0.15, 0.2) is 146 Å². The van der Waals surface area contributed by atoms with Crippen molar-refractivity contribution in [2.45, 2.75) is 185 Å². The Morgan fingerprint density at radius 3 is 0.792 bits per heavy atom. The first-order valence-electron chi connectivity index (χ1n) is 50.9. The highest BCUT2D eigenvalue weighted by Crippen LogP contribution is 2.41. The van der Waals surface area contributed by atoms with Gasteiger partial charge in [-0.3, -0.25) is 103 Å². The van der Waals surface area contributed by atoms with Gasteiger partial charge in [0.1, 0.15) is 52.6 Å². The minimum atomic E-state index is -1.03. The molecule has 0 radical (unpaired) electrons. The lowest BCUT2D eigenvalue weighted by molar-refractivity contribution is -0.137. The van der Waals surface area contributed by atoms with Crippen LogP contribution in [0.3, 0.4) is 0 Å². The zero-order chi connectivity index (χ0) is 105. The molecule has 3 atom stereocenters. The van der Waals surface area contributed by atoms with Crippen LogP contribution in [0.1, 0.15) is 229 Å². The molecule has 12 N–H and O–H groups in total. The Morgan fingerprint density at radius 1 is 0.295 bits per heavy atom. The predicted octanol–water partition coefficient (Wildman–Crippen LogP) is 9.48. The molecule has 780 valence electrons. The van der Waals surface area contributed by atoms with Crippen LogP contribution < -0.4 is 62.1 Å². The van der Waals surface area contributed by atoms with E-state index in [2.05, 4.69) is 61.2 Å². The first-order valence-corrected chi connectivity index (χ1v) is 50.9. The third-order valence-corrected chi connectivity index (χ3v) is 28.0. The second-order valence-corrected chi connectivity index (χ2v) is 37.8. The van der Waals surface area contributed by atoms with Gasteiger partial charge in [-0.05, 0) is 149 Å². The topological polar surface area (TPSA) is 565 Å². The molecule has 15 amide bonds. The van der Waals surface area contributed by atoms with Crippen LogP contribution in [0.2, 0.25) is 0 Å². The number of para-hydroxylation sites is 3. The Morgan fingerprint density at radius 2 is 0.537 bits per heavy atom. The molecule has 3 unspecified atom stereocenters. The summed E-state index contributed by atoms with van der Waals surface area (Å²) < 4.78 is 17.7. The summed E-state index contributed by atoms with van der Waals surface area (Å²) in [5.74, 6) is -4.05. The summed E-state index contributed by atoms with van der Waals surface area (Å²) in [4.78, 5) is 204. The van der Waals surface area contributed by atoms with Crippen molar-refractivity contribution < 1.29 is 101 Å². The van der Waals surface area contributed by atoms with Crippen molar-refractivity contribution in [1.82, 2.24) is 75.9 Å². The van der Waals surface area contributed by atoms with Crippen LogP contribution in [0.4, 0.5) is 34.5 Å². The Hall–Kier alpha value is -16.6. The van der Waals surface area contributed by atoms with Crippen molar-refractivity contribution in [2.24, 2.45) is 0 Å².